The molecule has 0 aliphatic carbocycles. The Morgan fingerprint density at radius 1 is 1.42 bits per heavy atom. The van der Waals surface area contributed by atoms with Gasteiger partial charge in [0.25, 0.3) is 0 Å². The molecule has 0 aliphatic heterocycles. The molecule has 2 unspecified atom stereocenters. The Kier molecular flexibility index (Phi) is 3.88. The summed E-state index contributed by atoms with van der Waals surface area (Å²) in [7, 11) is -0.785. The van der Waals surface area contributed by atoms with Gasteiger partial charge >= 0.3 is 8.69 Å². The lowest BCUT2D eigenvalue weighted by molar-refractivity contribution is 0.232. The largest absolute Gasteiger partial charge is 0.495 e. The summed E-state index contributed by atoms with van der Waals surface area (Å²) in [5, 5.41) is 0. The highest BCUT2D eigenvalue weighted by atomic mass is 31.1. The summed E-state index contributed by atoms with van der Waals surface area (Å²) in [6.45, 7) is 0. The minimum absolute atomic E-state index is 0.469. The summed E-state index contributed by atoms with van der Waals surface area (Å²) in [6, 6.07) is 9.71. The molecule has 2 atom stereocenters. The van der Waals surface area contributed by atoms with E-state index in [9.17, 15) is 4.57 Å². The number of rotatable bonds is 4. The molecule has 64 valence electrons. The molecular weight excluding hydrogens is 173 g/mol. The van der Waals surface area contributed by atoms with Crippen molar-refractivity contribution in [2.24, 2.45) is 5.73 Å². The number of hydrogen-bond acceptors (Lipinski definition) is 3. The van der Waals surface area contributed by atoms with E-state index in [1.54, 1.807) is 0 Å². The second kappa shape index (κ2) is 4.99. The first-order chi connectivity index (χ1) is 5.83. The fourth-order valence-corrected chi connectivity index (χ4v) is 1.16. The molecule has 1 aromatic rings. The Bertz CT molecular complexity index is 240. The molecule has 0 radical (unpaired) electrons. The van der Waals surface area contributed by atoms with E-state index < -0.39 is 14.9 Å². The molecule has 1 aromatic carbocycles. The molecule has 0 fully saturated rings. The minimum Gasteiger partial charge on any atom is -0.302 e. The smallest absolute Gasteiger partial charge is 0.302 e. The summed E-state index contributed by atoms with van der Waals surface area (Å²) in [5.74, 6) is 0. The molecule has 3 nitrogen and oxygen atoms in total. The summed E-state index contributed by atoms with van der Waals surface area (Å²) in [5.41, 5.74) is 6.59. The predicted molar refractivity (Wildman–Crippen MR) is 48.2 cm³/mol. The van der Waals surface area contributed by atoms with Crippen LogP contribution in [0.3, 0.4) is 0 Å². The predicted octanol–water partition coefficient (Wildman–Crippen LogP) is 1.47. The van der Waals surface area contributed by atoms with E-state index >= 15 is 0 Å². The topological polar surface area (TPSA) is 52.3 Å². The van der Waals surface area contributed by atoms with Gasteiger partial charge in [-0.05, 0) is 10.1 Å². The van der Waals surface area contributed by atoms with Crippen LogP contribution >= 0.6 is 8.69 Å². The molecule has 1 rings (SSSR count). The SMILES string of the molecule is NC(Cc1ccccc1)O[PH+]=O. The highest BCUT2D eigenvalue weighted by Gasteiger charge is 2.07. The summed E-state index contributed by atoms with van der Waals surface area (Å²) < 4.78 is 14.8. The molecule has 0 amide bonds. The maximum Gasteiger partial charge on any atom is 0.495 e. The Morgan fingerprint density at radius 3 is 2.67 bits per heavy atom. The van der Waals surface area contributed by atoms with Gasteiger partial charge < -0.3 is 5.73 Å². The third-order valence-electron chi connectivity index (χ3n) is 1.48. The van der Waals surface area contributed by atoms with E-state index in [-0.39, 0.29) is 0 Å². The maximum absolute atomic E-state index is 10.1. The zero-order valence-electron chi connectivity index (χ0n) is 6.57. The monoisotopic (exact) mass is 184 g/mol. The molecule has 0 spiro atoms. The van der Waals surface area contributed by atoms with Crippen LogP contribution in [0.5, 0.6) is 0 Å². The molecule has 0 saturated carbocycles. The van der Waals surface area contributed by atoms with Crippen LogP contribution in [0.15, 0.2) is 30.3 Å². The van der Waals surface area contributed by atoms with Gasteiger partial charge in [-0.2, -0.15) is 0 Å². The molecule has 0 saturated heterocycles. The first kappa shape index (κ1) is 9.33. The van der Waals surface area contributed by atoms with Gasteiger partial charge in [0, 0.05) is 6.42 Å². The van der Waals surface area contributed by atoms with Gasteiger partial charge in [-0.15, -0.1) is 4.52 Å². The van der Waals surface area contributed by atoms with Gasteiger partial charge in [-0.1, -0.05) is 30.3 Å². The molecule has 0 bridgehead atoms. The van der Waals surface area contributed by atoms with Gasteiger partial charge in [-0.3, -0.25) is 0 Å². The first-order valence-corrected chi connectivity index (χ1v) is 4.47. The second-order valence-corrected chi connectivity index (χ2v) is 2.83. The third-order valence-corrected chi connectivity index (χ3v) is 1.88. The summed E-state index contributed by atoms with van der Waals surface area (Å²) in [4.78, 5) is 0. The Labute approximate surface area is 72.8 Å². The lowest BCUT2D eigenvalue weighted by Crippen LogP contribution is -2.22. The van der Waals surface area contributed by atoms with E-state index in [1.807, 2.05) is 30.3 Å². The summed E-state index contributed by atoms with van der Waals surface area (Å²) in [6.07, 6.45) is 0.124. The van der Waals surface area contributed by atoms with E-state index in [4.69, 9.17) is 10.3 Å². The fraction of sp³-hybridized carbons (Fsp3) is 0.250. The van der Waals surface area contributed by atoms with E-state index in [1.165, 1.54) is 0 Å². The quantitative estimate of drug-likeness (QED) is 0.569. The number of benzene rings is 1. The van der Waals surface area contributed by atoms with Crippen LogP contribution in [-0.2, 0) is 15.5 Å². The lowest BCUT2D eigenvalue weighted by atomic mass is 10.1. The van der Waals surface area contributed by atoms with Crippen molar-refractivity contribution in [1.82, 2.24) is 0 Å². The normalized spacial score (nSPS) is 13.1. The zero-order valence-corrected chi connectivity index (χ0v) is 7.57. The number of nitrogens with two attached hydrogens (primary N) is 1. The molecule has 4 heteroatoms. The van der Waals surface area contributed by atoms with Crippen LogP contribution in [-0.4, -0.2) is 6.23 Å². The second-order valence-electron chi connectivity index (χ2n) is 2.43. The Balaban J connectivity index is 2.46. The van der Waals surface area contributed by atoms with E-state index in [2.05, 4.69) is 0 Å². The van der Waals surface area contributed by atoms with Crippen molar-refractivity contribution >= 4 is 8.69 Å². The minimum atomic E-state index is -0.785. The van der Waals surface area contributed by atoms with Crippen LogP contribution < -0.4 is 5.73 Å². The van der Waals surface area contributed by atoms with E-state index in [0.29, 0.717) is 6.42 Å². The average molecular weight is 184 g/mol. The fourth-order valence-electron chi connectivity index (χ4n) is 0.950. The molecule has 2 N–H and O–H groups in total. The standard InChI is InChI=1S/C8H11NO2P/c9-8(11-12-10)6-7-4-2-1-3-5-7/h1-5,8,12H,6,9H2/q+1. The summed E-state index contributed by atoms with van der Waals surface area (Å²) >= 11 is 0. The van der Waals surface area contributed by atoms with Crippen LogP contribution in [0.1, 0.15) is 5.56 Å². The van der Waals surface area contributed by atoms with Gasteiger partial charge in [0.1, 0.15) is 0 Å². The van der Waals surface area contributed by atoms with Crippen LogP contribution in [0.2, 0.25) is 0 Å². The van der Waals surface area contributed by atoms with Crippen molar-refractivity contribution in [3.05, 3.63) is 35.9 Å². The molecule has 0 aliphatic rings. The van der Waals surface area contributed by atoms with Gasteiger partial charge in [-0.25, -0.2) is 0 Å². The van der Waals surface area contributed by atoms with Crippen molar-refractivity contribution in [3.8, 4) is 0 Å². The first-order valence-electron chi connectivity index (χ1n) is 3.65. The number of hydrogen-bond donors (Lipinski definition) is 1. The van der Waals surface area contributed by atoms with Crippen LogP contribution in [0.25, 0.3) is 0 Å². The van der Waals surface area contributed by atoms with Crippen molar-refractivity contribution in [3.63, 3.8) is 0 Å². The van der Waals surface area contributed by atoms with Crippen molar-refractivity contribution in [1.29, 1.82) is 0 Å². The molecule has 0 aromatic heterocycles. The van der Waals surface area contributed by atoms with Gasteiger partial charge in [0.05, 0.1) is 0 Å². The zero-order chi connectivity index (χ0) is 8.81. The molecule has 12 heavy (non-hydrogen) atoms. The van der Waals surface area contributed by atoms with Gasteiger partial charge in [0.15, 0.2) is 6.23 Å². The Hall–Kier alpha value is -0.760. The van der Waals surface area contributed by atoms with Gasteiger partial charge in [0.2, 0.25) is 0 Å². The maximum atomic E-state index is 10.1. The van der Waals surface area contributed by atoms with Crippen molar-refractivity contribution < 1.29 is 9.09 Å². The highest BCUT2D eigenvalue weighted by molar-refractivity contribution is 7.17. The van der Waals surface area contributed by atoms with Crippen molar-refractivity contribution in [2.45, 2.75) is 12.6 Å². The van der Waals surface area contributed by atoms with Crippen LogP contribution in [0.4, 0.5) is 0 Å². The molecule has 0 heterocycles. The van der Waals surface area contributed by atoms with Crippen LogP contribution in [0, 0.1) is 0 Å². The third kappa shape index (κ3) is 3.09. The highest BCUT2D eigenvalue weighted by Crippen LogP contribution is 2.06. The van der Waals surface area contributed by atoms with Crippen molar-refractivity contribution in [2.75, 3.05) is 0 Å². The molecular formula is C8H11NO2P+. The average Bonchev–Trinajstić information content (AvgIpc) is 2.06. The van der Waals surface area contributed by atoms with E-state index in [0.717, 1.165) is 5.56 Å². The lowest BCUT2D eigenvalue weighted by Gasteiger charge is -2.02. The Morgan fingerprint density at radius 2 is 2.08 bits per heavy atom.